The molecule has 1 aromatic heterocycles. The fraction of sp³-hybridized carbons (Fsp3) is 0.429. The molecule has 1 N–H and O–H groups in total. The van der Waals surface area contributed by atoms with Crippen molar-refractivity contribution in [3.05, 3.63) is 52.3 Å². The Morgan fingerprint density at radius 1 is 1.27 bits per heavy atom. The number of ether oxygens (including phenoxy) is 1. The molecule has 0 bridgehead atoms. The van der Waals surface area contributed by atoms with Crippen molar-refractivity contribution in [1.29, 1.82) is 0 Å². The highest BCUT2D eigenvalue weighted by molar-refractivity contribution is 6.04. The van der Waals surface area contributed by atoms with Crippen LogP contribution >= 0.6 is 0 Å². The molecule has 0 radical (unpaired) electrons. The molecule has 2 aromatic rings. The molecular formula is C21H24N2O3. The lowest BCUT2D eigenvalue weighted by molar-refractivity contribution is 0.0729. The maximum absolute atomic E-state index is 13.3. The van der Waals surface area contributed by atoms with Gasteiger partial charge in [0.1, 0.15) is 11.4 Å². The van der Waals surface area contributed by atoms with Crippen LogP contribution in [0.15, 0.2) is 24.3 Å². The van der Waals surface area contributed by atoms with Crippen LogP contribution in [0.3, 0.4) is 0 Å². The molecule has 2 heterocycles. The van der Waals surface area contributed by atoms with Crippen molar-refractivity contribution in [3.8, 4) is 5.75 Å². The van der Waals surface area contributed by atoms with E-state index in [2.05, 4.69) is 11.1 Å². The summed E-state index contributed by atoms with van der Waals surface area (Å²) in [7, 11) is 1.65. The van der Waals surface area contributed by atoms with E-state index in [1.165, 1.54) is 0 Å². The first-order valence-electron chi connectivity index (χ1n) is 9.29. The third-order valence-electron chi connectivity index (χ3n) is 5.64. The Morgan fingerprint density at radius 2 is 2.12 bits per heavy atom. The lowest BCUT2D eigenvalue weighted by Gasteiger charge is -2.25. The van der Waals surface area contributed by atoms with Crippen LogP contribution in [0.5, 0.6) is 5.75 Å². The van der Waals surface area contributed by atoms with E-state index >= 15 is 0 Å². The molecule has 136 valence electrons. The van der Waals surface area contributed by atoms with Crippen molar-refractivity contribution >= 4 is 11.7 Å². The molecule has 26 heavy (non-hydrogen) atoms. The average molecular weight is 352 g/mol. The number of aryl methyl sites for hydroxylation is 1. The van der Waals surface area contributed by atoms with E-state index in [9.17, 15) is 9.59 Å². The highest BCUT2D eigenvalue weighted by Crippen LogP contribution is 2.36. The van der Waals surface area contributed by atoms with Gasteiger partial charge in [-0.2, -0.15) is 0 Å². The molecule has 1 atom stereocenters. The Balaban J connectivity index is 1.66. The smallest absolute Gasteiger partial charge is 0.271 e. The summed E-state index contributed by atoms with van der Waals surface area (Å²) in [4.78, 5) is 30.7. The number of aromatic amines is 1. The number of hydrogen-bond donors (Lipinski definition) is 1. The molecule has 4 rings (SSSR count). The fourth-order valence-electron chi connectivity index (χ4n) is 4.34. The second-order valence-corrected chi connectivity index (χ2v) is 7.19. The monoisotopic (exact) mass is 352 g/mol. The number of fused-ring (bicyclic) bond motifs is 1. The predicted molar refractivity (Wildman–Crippen MR) is 98.8 cm³/mol. The lowest BCUT2D eigenvalue weighted by atomic mass is 9.93. The van der Waals surface area contributed by atoms with Crippen molar-refractivity contribution < 1.29 is 14.3 Å². The highest BCUT2D eigenvalue weighted by atomic mass is 16.5. The number of benzene rings is 1. The molecule has 1 saturated heterocycles. The number of aromatic nitrogens is 1. The maximum Gasteiger partial charge on any atom is 0.271 e. The third kappa shape index (κ3) is 2.71. The summed E-state index contributed by atoms with van der Waals surface area (Å²) in [5.74, 6) is 0.957. The molecule has 5 heteroatoms. The number of nitrogens with zero attached hydrogens (tertiary/aromatic N) is 1. The van der Waals surface area contributed by atoms with Crippen molar-refractivity contribution in [2.45, 2.75) is 45.1 Å². The van der Waals surface area contributed by atoms with Crippen molar-refractivity contribution in [1.82, 2.24) is 9.88 Å². The number of carbonyl (C=O) groups excluding carboxylic acids is 2. The van der Waals surface area contributed by atoms with Gasteiger partial charge in [0.05, 0.1) is 13.2 Å². The van der Waals surface area contributed by atoms with E-state index in [1.807, 2.05) is 30.0 Å². The second-order valence-electron chi connectivity index (χ2n) is 7.19. The molecule has 1 unspecified atom stereocenters. The first-order valence-corrected chi connectivity index (χ1v) is 9.29. The van der Waals surface area contributed by atoms with Crippen LogP contribution in [-0.4, -0.2) is 35.2 Å². The highest BCUT2D eigenvalue weighted by Gasteiger charge is 2.34. The molecule has 0 spiro atoms. The minimum absolute atomic E-state index is 0.00461. The number of methoxy groups -OCH3 is 1. The number of hydrogen-bond acceptors (Lipinski definition) is 3. The number of H-pyrrole nitrogens is 1. The van der Waals surface area contributed by atoms with E-state index in [4.69, 9.17) is 4.74 Å². The summed E-state index contributed by atoms with van der Waals surface area (Å²) in [6, 6.07) is 7.99. The number of ketones is 1. The molecule has 1 aliphatic heterocycles. The van der Waals surface area contributed by atoms with E-state index < -0.39 is 0 Å². The van der Waals surface area contributed by atoms with Gasteiger partial charge in [0.2, 0.25) is 0 Å². The topological polar surface area (TPSA) is 62.4 Å². The Kier molecular flexibility index (Phi) is 4.31. The van der Waals surface area contributed by atoms with Gasteiger partial charge in [-0.15, -0.1) is 0 Å². The molecule has 0 saturated carbocycles. The van der Waals surface area contributed by atoms with Gasteiger partial charge in [-0.05, 0) is 55.9 Å². The zero-order chi connectivity index (χ0) is 18.3. The first kappa shape index (κ1) is 16.9. The summed E-state index contributed by atoms with van der Waals surface area (Å²) < 4.78 is 5.33. The number of rotatable bonds is 3. The van der Waals surface area contributed by atoms with Gasteiger partial charge in [0.25, 0.3) is 5.91 Å². The quantitative estimate of drug-likeness (QED) is 0.913. The van der Waals surface area contributed by atoms with E-state index in [0.717, 1.165) is 60.4 Å². The van der Waals surface area contributed by atoms with Crippen LogP contribution in [0.25, 0.3) is 0 Å². The Hall–Kier alpha value is -2.56. The molecule has 5 nitrogen and oxygen atoms in total. The van der Waals surface area contributed by atoms with E-state index in [1.54, 1.807) is 7.11 Å². The summed E-state index contributed by atoms with van der Waals surface area (Å²) in [6.45, 7) is 2.63. The Labute approximate surface area is 153 Å². The zero-order valence-corrected chi connectivity index (χ0v) is 15.3. The van der Waals surface area contributed by atoms with Crippen LogP contribution in [0.1, 0.15) is 69.4 Å². The normalized spacial score (nSPS) is 19.5. The van der Waals surface area contributed by atoms with Crippen molar-refractivity contribution in [3.63, 3.8) is 0 Å². The maximum atomic E-state index is 13.3. The van der Waals surface area contributed by atoms with Crippen LogP contribution < -0.4 is 4.74 Å². The summed E-state index contributed by atoms with van der Waals surface area (Å²) in [5, 5.41) is 0. The Morgan fingerprint density at radius 3 is 2.88 bits per heavy atom. The van der Waals surface area contributed by atoms with Gasteiger partial charge in [0, 0.05) is 24.2 Å². The number of likely N-dealkylation sites (tertiary alicyclic amines) is 1. The first-order chi connectivity index (χ1) is 12.6. The SMILES string of the molecule is COc1cccc(C2CCCN2C(=O)c2[nH]c3c(c2C)C(=O)CCC3)c1. The van der Waals surface area contributed by atoms with Crippen LogP contribution in [0.2, 0.25) is 0 Å². The second kappa shape index (κ2) is 6.63. The standard InChI is InChI=1S/C21H24N2O3/c1-13-19-16(8-4-10-18(19)24)22-20(13)21(25)23-11-5-9-17(23)14-6-3-7-15(12-14)26-2/h3,6-7,12,17,22H,4-5,8-11H2,1-2H3. The van der Waals surface area contributed by atoms with Crippen molar-refractivity contribution in [2.75, 3.05) is 13.7 Å². The summed E-state index contributed by atoms with van der Waals surface area (Å²) >= 11 is 0. The number of amides is 1. The van der Waals surface area contributed by atoms with Crippen molar-refractivity contribution in [2.24, 2.45) is 0 Å². The van der Waals surface area contributed by atoms with Crippen LogP contribution in [-0.2, 0) is 6.42 Å². The third-order valence-corrected chi connectivity index (χ3v) is 5.64. The molecule has 1 fully saturated rings. The van der Waals surface area contributed by atoms with Gasteiger partial charge in [-0.3, -0.25) is 9.59 Å². The number of Topliss-reactive ketones (excluding diaryl/α,β-unsaturated/α-hetero) is 1. The lowest BCUT2D eigenvalue weighted by Crippen LogP contribution is -2.31. The largest absolute Gasteiger partial charge is 0.497 e. The number of carbonyl (C=O) groups is 2. The molecular weight excluding hydrogens is 328 g/mol. The zero-order valence-electron chi connectivity index (χ0n) is 15.3. The van der Waals surface area contributed by atoms with Gasteiger partial charge < -0.3 is 14.6 Å². The minimum atomic E-state index is -0.00461. The van der Waals surface area contributed by atoms with E-state index in [0.29, 0.717) is 12.1 Å². The van der Waals surface area contributed by atoms with Crippen LogP contribution in [0, 0.1) is 6.92 Å². The number of nitrogens with one attached hydrogen (secondary N) is 1. The Bertz CT molecular complexity index is 868. The van der Waals surface area contributed by atoms with Gasteiger partial charge in [0.15, 0.2) is 5.78 Å². The predicted octanol–water partition coefficient (Wildman–Crippen LogP) is 3.83. The van der Waals surface area contributed by atoms with E-state index in [-0.39, 0.29) is 17.7 Å². The van der Waals surface area contributed by atoms with Crippen LogP contribution in [0.4, 0.5) is 0 Å². The molecule has 2 aliphatic rings. The van der Waals surface area contributed by atoms with Gasteiger partial charge in [-0.25, -0.2) is 0 Å². The summed E-state index contributed by atoms with van der Waals surface area (Å²) in [5.41, 5.74) is 4.17. The summed E-state index contributed by atoms with van der Waals surface area (Å²) in [6.07, 6.45) is 4.20. The fourth-order valence-corrected chi connectivity index (χ4v) is 4.34. The minimum Gasteiger partial charge on any atom is -0.497 e. The molecule has 1 aliphatic carbocycles. The molecule has 1 amide bonds. The van der Waals surface area contributed by atoms with Gasteiger partial charge >= 0.3 is 0 Å². The van der Waals surface area contributed by atoms with Gasteiger partial charge in [-0.1, -0.05) is 12.1 Å². The molecule has 1 aromatic carbocycles. The average Bonchev–Trinajstić information content (AvgIpc) is 3.27.